The summed E-state index contributed by atoms with van der Waals surface area (Å²) in [5.74, 6) is -0.526. The summed E-state index contributed by atoms with van der Waals surface area (Å²) in [4.78, 5) is 34.1. The number of amides is 3. The van der Waals surface area contributed by atoms with Gasteiger partial charge in [-0.05, 0) is 49.9 Å². The van der Waals surface area contributed by atoms with Gasteiger partial charge < -0.3 is 25.8 Å². The van der Waals surface area contributed by atoms with E-state index in [1.165, 1.54) is 0 Å². The number of carbonyl (C=O) groups is 3. The molecule has 8 heteroatoms. The maximum Gasteiger partial charge on any atom is 0.319 e. The second-order valence-electron chi connectivity index (χ2n) is 6.28. The molecule has 1 aliphatic carbocycles. The van der Waals surface area contributed by atoms with Crippen LogP contribution in [0.3, 0.4) is 0 Å². The Morgan fingerprint density at radius 3 is 2.35 bits per heavy atom. The number of anilines is 1. The van der Waals surface area contributed by atoms with Crippen LogP contribution < -0.4 is 20.7 Å². The first-order valence-electron chi connectivity index (χ1n) is 8.71. The first-order chi connectivity index (χ1) is 12.5. The summed E-state index contributed by atoms with van der Waals surface area (Å²) in [7, 11) is 1.58. The van der Waals surface area contributed by atoms with Crippen molar-refractivity contribution >= 4 is 23.6 Å². The zero-order valence-electron chi connectivity index (χ0n) is 14.8. The van der Waals surface area contributed by atoms with E-state index in [0.717, 1.165) is 0 Å². The van der Waals surface area contributed by atoms with Crippen LogP contribution in [0.2, 0.25) is 0 Å². The Kier molecular flexibility index (Phi) is 7.25. The highest BCUT2D eigenvalue weighted by molar-refractivity contribution is 5.89. The summed E-state index contributed by atoms with van der Waals surface area (Å²) in [5, 5.41) is 17.1. The van der Waals surface area contributed by atoms with Crippen LogP contribution in [0.15, 0.2) is 24.3 Å². The molecule has 0 bridgehead atoms. The molecule has 0 spiro atoms. The Morgan fingerprint density at radius 1 is 1.12 bits per heavy atom. The molecule has 1 fully saturated rings. The number of hydrogen-bond acceptors (Lipinski definition) is 4. The molecule has 1 saturated carbocycles. The minimum Gasteiger partial charge on any atom is -0.493 e. The molecule has 2 rings (SSSR count). The van der Waals surface area contributed by atoms with Crippen LogP contribution in [0.25, 0.3) is 0 Å². The van der Waals surface area contributed by atoms with Crippen LogP contribution >= 0.6 is 0 Å². The number of aliphatic carboxylic acids is 1. The fourth-order valence-corrected chi connectivity index (χ4v) is 2.86. The molecule has 1 aromatic carbocycles. The van der Waals surface area contributed by atoms with Crippen LogP contribution in [-0.2, 0) is 9.59 Å². The maximum absolute atomic E-state index is 12.0. The Bertz CT molecular complexity index is 624. The third kappa shape index (κ3) is 6.27. The first kappa shape index (κ1) is 19.6. The van der Waals surface area contributed by atoms with Crippen molar-refractivity contribution in [3.05, 3.63) is 24.3 Å². The highest BCUT2D eigenvalue weighted by atomic mass is 16.5. The quantitative estimate of drug-likeness (QED) is 0.591. The zero-order chi connectivity index (χ0) is 18.9. The van der Waals surface area contributed by atoms with E-state index in [9.17, 15) is 14.4 Å². The standard InChI is InChI=1S/C18H25N3O5/c1-19-16(22)10-11-26-15-8-6-14(7-9-15)21-18(25)20-13-4-2-12(3-5-13)17(23)24/h6-9,12-13H,2-5,10-11H2,1H3,(H,19,22)(H,23,24)(H2,20,21,25). The summed E-state index contributed by atoms with van der Waals surface area (Å²) < 4.78 is 5.45. The number of ether oxygens (including phenoxy) is 1. The van der Waals surface area contributed by atoms with Gasteiger partial charge >= 0.3 is 12.0 Å². The van der Waals surface area contributed by atoms with Gasteiger partial charge in [-0.25, -0.2) is 4.79 Å². The van der Waals surface area contributed by atoms with Crippen molar-refractivity contribution < 1.29 is 24.2 Å². The number of urea groups is 1. The van der Waals surface area contributed by atoms with Crippen molar-refractivity contribution in [1.82, 2.24) is 10.6 Å². The van der Waals surface area contributed by atoms with Gasteiger partial charge in [0.2, 0.25) is 5.91 Å². The number of carbonyl (C=O) groups excluding carboxylic acids is 2. The van der Waals surface area contributed by atoms with Gasteiger partial charge in [0.1, 0.15) is 5.75 Å². The van der Waals surface area contributed by atoms with Gasteiger partial charge in [-0.15, -0.1) is 0 Å². The maximum atomic E-state index is 12.0. The molecule has 0 radical (unpaired) electrons. The minimum atomic E-state index is -0.759. The third-order valence-corrected chi connectivity index (χ3v) is 4.40. The number of rotatable bonds is 7. The van der Waals surface area contributed by atoms with Crippen LogP contribution in [0.1, 0.15) is 32.1 Å². The topological polar surface area (TPSA) is 117 Å². The Hall–Kier alpha value is -2.77. The van der Waals surface area contributed by atoms with Gasteiger partial charge in [0.25, 0.3) is 0 Å². The number of carboxylic acid groups (broad SMARTS) is 1. The van der Waals surface area contributed by atoms with E-state index in [-0.39, 0.29) is 36.9 Å². The summed E-state index contributed by atoms with van der Waals surface area (Å²) >= 11 is 0. The predicted molar refractivity (Wildman–Crippen MR) is 96.2 cm³/mol. The van der Waals surface area contributed by atoms with E-state index in [0.29, 0.717) is 37.1 Å². The molecule has 0 atom stereocenters. The highest BCUT2D eigenvalue weighted by Crippen LogP contribution is 2.24. The predicted octanol–water partition coefficient (Wildman–Crippen LogP) is 1.97. The fourth-order valence-electron chi connectivity index (χ4n) is 2.86. The van der Waals surface area contributed by atoms with E-state index in [1.807, 2.05) is 0 Å². The Morgan fingerprint density at radius 2 is 1.77 bits per heavy atom. The number of hydrogen-bond donors (Lipinski definition) is 4. The molecule has 8 nitrogen and oxygen atoms in total. The first-order valence-corrected chi connectivity index (χ1v) is 8.71. The summed E-state index contributed by atoms with van der Waals surface area (Å²) in [5.41, 5.74) is 0.625. The van der Waals surface area contributed by atoms with Crippen LogP contribution in [0.5, 0.6) is 5.75 Å². The average molecular weight is 363 g/mol. The molecule has 0 aromatic heterocycles. The lowest BCUT2D eigenvalue weighted by Crippen LogP contribution is -2.40. The van der Waals surface area contributed by atoms with E-state index in [4.69, 9.17) is 9.84 Å². The average Bonchev–Trinajstić information content (AvgIpc) is 2.63. The zero-order valence-corrected chi connectivity index (χ0v) is 14.8. The lowest BCUT2D eigenvalue weighted by molar-refractivity contribution is -0.142. The lowest BCUT2D eigenvalue weighted by atomic mass is 9.86. The molecular formula is C18H25N3O5. The molecule has 0 saturated heterocycles. The van der Waals surface area contributed by atoms with Crippen LogP contribution in [0.4, 0.5) is 10.5 Å². The molecule has 1 aromatic rings. The van der Waals surface area contributed by atoms with E-state index in [1.54, 1.807) is 31.3 Å². The monoisotopic (exact) mass is 363 g/mol. The van der Waals surface area contributed by atoms with E-state index >= 15 is 0 Å². The van der Waals surface area contributed by atoms with Gasteiger partial charge in [-0.2, -0.15) is 0 Å². The Labute approximate surface area is 152 Å². The SMILES string of the molecule is CNC(=O)CCOc1ccc(NC(=O)NC2CCC(C(=O)O)CC2)cc1. The number of nitrogens with one attached hydrogen (secondary N) is 3. The van der Waals surface area contributed by atoms with Gasteiger partial charge in [0, 0.05) is 18.8 Å². The smallest absolute Gasteiger partial charge is 0.319 e. The van der Waals surface area contributed by atoms with Crippen molar-refractivity contribution in [2.75, 3.05) is 19.0 Å². The van der Waals surface area contributed by atoms with Gasteiger partial charge in [-0.1, -0.05) is 0 Å². The van der Waals surface area contributed by atoms with Crippen molar-refractivity contribution in [2.45, 2.75) is 38.1 Å². The largest absolute Gasteiger partial charge is 0.493 e. The molecular weight excluding hydrogens is 338 g/mol. The summed E-state index contributed by atoms with van der Waals surface area (Å²) in [6.07, 6.45) is 2.79. The van der Waals surface area contributed by atoms with Crippen molar-refractivity contribution in [3.8, 4) is 5.75 Å². The summed E-state index contributed by atoms with van der Waals surface area (Å²) in [6.45, 7) is 0.284. The van der Waals surface area contributed by atoms with Gasteiger partial charge in [0.15, 0.2) is 0 Å². The van der Waals surface area contributed by atoms with Crippen molar-refractivity contribution in [3.63, 3.8) is 0 Å². The summed E-state index contributed by atoms with van der Waals surface area (Å²) in [6, 6.07) is 6.57. The molecule has 0 aliphatic heterocycles. The molecule has 3 amide bonds. The fraction of sp³-hybridized carbons (Fsp3) is 0.500. The molecule has 1 aliphatic rings. The highest BCUT2D eigenvalue weighted by Gasteiger charge is 2.26. The van der Waals surface area contributed by atoms with E-state index < -0.39 is 5.97 Å². The molecule has 142 valence electrons. The van der Waals surface area contributed by atoms with Crippen molar-refractivity contribution in [1.29, 1.82) is 0 Å². The third-order valence-electron chi connectivity index (χ3n) is 4.40. The minimum absolute atomic E-state index is 0.00193. The van der Waals surface area contributed by atoms with Crippen molar-refractivity contribution in [2.24, 2.45) is 5.92 Å². The molecule has 0 unspecified atom stereocenters. The molecule has 26 heavy (non-hydrogen) atoms. The van der Waals surface area contributed by atoms with Crippen LogP contribution in [-0.4, -0.2) is 42.7 Å². The lowest BCUT2D eigenvalue weighted by Gasteiger charge is -2.26. The number of benzene rings is 1. The normalized spacial score (nSPS) is 19.3. The van der Waals surface area contributed by atoms with E-state index in [2.05, 4.69) is 16.0 Å². The number of carboxylic acids is 1. The van der Waals surface area contributed by atoms with Crippen LogP contribution in [0, 0.1) is 5.92 Å². The van der Waals surface area contributed by atoms with Gasteiger partial charge in [-0.3, -0.25) is 9.59 Å². The second-order valence-corrected chi connectivity index (χ2v) is 6.28. The van der Waals surface area contributed by atoms with Gasteiger partial charge in [0.05, 0.1) is 18.9 Å². The Balaban J connectivity index is 1.72. The molecule has 4 N–H and O–H groups in total. The molecule has 0 heterocycles. The second kappa shape index (κ2) is 9.65.